The summed E-state index contributed by atoms with van der Waals surface area (Å²) in [6.07, 6.45) is 8.39. The number of piperidine rings is 1. The van der Waals surface area contributed by atoms with Gasteiger partial charge in [-0.15, -0.1) is 0 Å². The standard InChI is InChI=1S/C13H27N3/c1-2-4-10-16(9-3-1)11-8-15-13-6-5-7-14-12-13/h13-15H,1-12H2. The number of likely N-dealkylation sites (tertiary alicyclic amines) is 1. The van der Waals surface area contributed by atoms with Gasteiger partial charge in [0.05, 0.1) is 0 Å². The van der Waals surface area contributed by atoms with Gasteiger partial charge in [0.25, 0.3) is 0 Å². The lowest BCUT2D eigenvalue weighted by Crippen LogP contribution is -2.45. The van der Waals surface area contributed by atoms with E-state index in [0.717, 1.165) is 6.04 Å². The Labute approximate surface area is 100.0 Å². The zero-order valence-corrected chi connectivity index (χ0v) is 10.5. The summed E-state index contributed by atoms with van der Waals surface area (Å²) in [5, 5.41) is 7.14. The Morgan fingerprint density at radius 3 is 2.56 bits per heavy atom. The van der Waals surface area contributed by atoms with Gasteiger partial charge in [-0.25, -0.2) is 0 Å². The monoisotopic (exact) mass is 225 g/mol. The normalized spacial score (nSPS) is 28.9. The van der Waals surface area contributed by atoms with Crippen molar-refractivity contribution in [2.75, 3.05) is 39.3 Å². The smallest absolute Gasteiger partial charge is 0.0193 e. The fourth-order valence-corrected chi connectivity index (χ4v) is 2.81. The second kappa shape index (κ2) is 7.25. The molecular weight excluding hydrogens is 198 g/mol. The summed E-state index contributed by atoms with van der Waals surface area (Å²) in [6.45, 7) is 7.45. The maximum Gasteiger partial charge on any atom is 0.0193 e. The molecule has 2 heterocycles. The van der Waals surface area contributed by atoms with Gasteiger partial charge in [0, 0.05) is 25.7 Å². The summed E-state index contributed by atoms with van der Waals surface area (Å²) >= 11 is 0. The van der Waals surface area contributed by atoms with Crippen LogP contribution in [0.25, 0.3) is 0 Å². The van der Waals surface area contributed by atoms with Gasteiger partial charge in [-0.1, -0.05) is 12.8 Å². The minimum absolute atomic E-state index is 0.723. The zero-order valence-electron chi connectivity index (χ0n) is 10.5. The number of nitrogens with zero attached hydrogens (tertiary/aromatic N) is 1. The maximum atomic E-state index is 3.69. The Kier molecular flexibility index (Phi) is 5.59. The van der Waals surface area contributed by atoms with Crippen LogP contribution in [0.5, 0.6) is 0 Å². The average molecular weight is 225 g/mol. The molecule has 3 nitrogen and oxygen atoms in total. The van der Waals surface area contributed by atoms with Crippen molar-refractivity contribution in [3.05, 3.63) is 0 Å². The number of hydrogen-bond acceptors (Lipinski definition) is 3. The van der Waals surface area contributed by atoms with Crippen LogP contribution in [0.1, 0.15) is 38.5 Å². The Morgan fingerprint density at radius 2 is 1.88 bits per heavy atom. The van der Waals surface area contributed by atoms with Crippen molar-refractivity contribution >= 4 is 0 Å². The summed E-state index contributed by atoms with van der Waals surface area (Å²) in [5.74, 6) is 0. The summed E-state index contributed by atoms with van der Waals surface area (Å²) in [6, 6.07) is 0.723. The van der Waals surface area contributed by atoms with Crippen LogP contribution in [-0.2, 0) is 0 Å². The van der Waals surface area contributed by atoms with E-state index in [4.69, 9.17) is 0 Å². The Morgan fingerprint density at radius 1 is 1.06 bits per heavy atom. The fraction of sp³-hybridized carbons (Fsp3) is 1.00. The largest absolute Gasteiger partial charge is 0.315 e. The molecule has 0 aliphatic carbocycles. The van der Waals surface area contributed by atoms with Crippen LogP contribution >= 0.6 is 0 Å². The lowest BCUT2D eigenvalue weighted by Gasteiger charge is -2.26. The topological polar surface area (TPSA) is 27.3 Å². The van der Waals surface area contributed by atoms with E-state index >= 15 is 0 Å². The molecule has 0 amide bonds. The summed E-state index contributed by atoms with van der Waals surface area (Å²) in [4.78, 5) is 2.64. The summed E-state index contributed by atoms with van der Waals surface area (Å²) < 4.78 is 0. The molecular formula is C13H27N3. The summed E-state index contributed by atoms with van der Waals surface area (Å²) in [7, 11) is 0. The summed E-state index contributed by atoms with van der Waals surface area (Å²) in [5.41, 5.74) is 0. The molecule has 0 aromatic rings. The Hall–Kier alpha value is -0.120. The maximum absolute atomic E-state index is 3.69. The van der Waals surface area contributed by atoms with Crippen LogP contribution in [-0.4, -0.2) is 50.2 Å². The van der Waals surface area contributed by atoms with Crippen molar-refractivity contribution in [2.24, 2.45) is 0 Å². The van der Waals surface area contributed by atoms with Crippen molar-refractivity contribution in [3.63, 3.8) is 0 Å². The average Bonchev–Trinajstić information content (AvgIpc) is 2.59. The molecule has 0 radical (unpaired) electrons. The zero-order chi connectivity index (χ0) is 11.1. The Balaban J connectivity index is 1.55. The van der Waals surface area contributed by atoms with Crippen molar-refractivity contribution in [1.29, 1.82) is 0 Å². The molecule has 2 saturated heterocycles. The predicted octanol–water partition coefficient (Wildman–Crippen LogP) is 1.20. The van der Waals surface area contributed by atoms with Crippen molar-refractivity contribution in [3.8, 4) is 0 Å². The molecule has 2 aliphatic heterocycles. The minimum atomic E-state index is 0.723. The van der Waals surface area contributed by atoms with Crippen LogP contribution in [0.15, 0.2) is 0 Å². The lowest BCUT2D eigenvalue weighted by molar-refractivity contribution is 0.273. The van der Waals surface area contributed by atoms with Gasteiger partial charge in [0.1, 0.15) is 0 Å². The quantitative estimate of drug-likeness (QED) is 0.753. The van der Waals surface area contributed by atoms with E-state index in [9.17, 15) is 0 Å². The highest BCUT2D eigenvalue weighted by Gasteiger charge is 2.13. The van der Waals surface area contributed by atoms with Crippen LogP contribution in [0.2, 0.25) is 0 Å². The number of hydrogen-bond donors (Lipinski definition) is 2. The Bertz CT molecular complexity index is 170. The predicted molar refractivity (Wildman–Crippen MR) is 68.8 cm³/mol. The molecule has 1 atom stereocenters. The molecule has 3 heteroatoms. The number of nitrogens with one attached hydrogen (secondary N) is 2. The first kappa shape index (κ1) is 12.3. The molecule has 2 rings (SSSR count). The van der Waals surface area contributed by atoms with Gasteiger partial charge in [-0.3, -0.25) is 0 Å². The van der Waals surface area contributed by atoms with Gasteiger partial charge in [-0.2, -0.15) is 0 Å². The molecule has 2 N–H and O–H groups in total. The van der Waals surface area contributed by atoms with Crippen molar-refractivity contribution in [1.82, 2.24) is 15.5 Å². The first-order valence-corrected chi connectivity index (χ1v) is 7.11. The van der Waals surface area contributed by atoms with Crippen LogP contribution in [0.4, 0.5) is 0 Å². The third-order valence-electron chi connectivity index (χ3n) is 3.86. The highest BCUT2D eigenvalue weighted by molar-refractivity contribution is 4.75. The van der Waals surface area contributed by atoms with Crippen molar-refractivity contribution in [2.45, 2.75) is 44.6 Å². The molecule has 0 aromatic carbocycles. The molecule has 94 valence electrons. The van der Waals surface area contributed by atoms with E-state index < -0.39 is 0 Å². The molecule has 0 saturated carbocycles. The van der Waals surface area contributed by atoms with Gasteiger partial charge in [-0.05, 0) is 45.3 Å². The molecule has 0 spiro atoms. The van der Waals surface area contributed by atoms with E-state index in [1.807, 2.05) is 0 Å². The van der Waals surface area contributed by atoms with E-state index in [-0.39, 0.29) is 0 Å². The molecule has 2 aliphatic rings. The minimum Gasteiger partial charge on any atom is -0.315 e. The van der Waals surface area contributed by atoms with Crippen LogP contribution < -0.4 is 10.6 Å². The van der Waals surface area contributed by atoms with E-state index in [1.165, 1.54) is 77.8 Å². The van der Waals surface area contributed by atoms with Crippen LogP contribution in [0, 0.1) is 0 Å². The fourth-order valence-electron chi connectivity index (χ4n) is 2.81. The third kappa shape index (κ3) is 4.40. The second-order valence-electron chi connectivity index (χ2n) is 5.25. The SMILES string of the molecule is C1CCCN(CCNC2CCCNC2)CC1. The highest BCUT2D eigenvalue weighted by atomic mass is 15.1. The molecule has 2 fully saturated rings. The molecule has 0 bridgehead atoms. The van der Waals surface area contributed by atoms with Gasteiger partial charge in [0.2, 0.25) is 0 Å². The van der Waals surface area contributed by atoms with Crippen LogP contribution in [0.3, 0.4) is 0 Å². The molecule has 1 unspecified atom stereocenters. The van der Waals surface area contributed by atoms with Gasteiger partial charge >= 0.3 is 0 Å². The van der Waals surface area contributed by atoms with E-state index in [0.29, 0.717) is 0 Å². The second-order valence-corrected chi connectivity index (χ2v) is 5.25. The van der Waals surface area contributed by atoms with Gasteiger partial charge < -0.3 is 15.5 Å². The first-order chi connectivity index (χ1) is 7.95. The lowest BCUT2D eigenvalue weighted by atomic mass is 10.1. The first-order valence-electron chi connectivity index (χ1n) is 7.11. The molecule has 0 aromatic heterocycles. The van der Waals surface area contributed by atoms with Gasteiger partial charge in [0.15, 0.2) is 0 Å². The van der Waals surface area contributed by atoms with E-state index in [2.05, 4.69) is 15.5 Å². The van der Waals surface area contributed by atoms with E-state index in [1.54, 1.807) is 0 Å². The number of rotatable bonds is 4. The third-order valence-corrected chi connectivity index (χ3v) is 3.86. The molecule has 16 heavy (non-hydrogen) atoms. The highest BCUT2D eigenvalue weighted by Crippen LogP contribution is 2.08. The van der Waals surface area contributed by atoms with Crippen molar-refractivity contribution < 1.29 is 0 Å².